The van der Waals surface area contributed by atoms with Gasteiger partial charge in [0.15, 0.2) is 11.5 Å². The van der Waals surface area contributed by atoms with E-state index in [9.17, 15) is 14.4 Å². The topological polar surface area (TPSA) is 97.4 Å². The Hall–Kier alpha value is -4.50. The first-order chi connectivity index (χ1) is 19.0. The smallest absolute Gasteiger partial charge is 0.248 e. The van der Waals surface area contributed by atoms with Crippen molar-refractivity contribution in [2.75, 3.05) is 24.1 Å². The van der Waals surface area contributed by atoms with Gasteiger partial charge in [-0.25, -0.2) is 4.90 Å². The highest BCUT2D eigenvalue weighted by molar-refractivity contribution is 6.31. The van der Waals surface area contributed by atoms with Crippen molar-refractivity contribution in [3.63, 3.8) is 0 Å². The molecule has 3 amide bonds. The van der Waals surface area contributed by atoms with E-state index in [0.717, 1.165) is 11.1 Å². The fourth-order valence-corrected chi connectivity index (χ4v) is 6.29. The molecule has 4 atom stereocenters. The number of hydrogen-bond donors (Lipinski definition) is 1. The highest BCUT2D eigenvalue weighted by atomic mass is 35.5. The summed E-state index contributed by atoms with van der Waals surface area (Å²) >= 11 is 6.19. The van der Waals surface area contributed by atoms with Gasteiger partial charge in [0, 0.05) is 17.3 Å². The highest BCUT2D eigenvalue weighted by Crippen LogP contribution is 2.54. The average molecular weight is 544 g/mol. The molecule has 0 spiro atoms. The van der Waals surface area contributed by atoms with Crippen LogP contribution in [0.3, 0.4) is 0 Å². The Kier molecular flexibility index (Phi) is 5.31. The van der Waals surface area contributed by atoms with Crippen molar-refractivity contribution in [1.29, 1.82) is 0 Å². The molecule has 4 heterocycles. The van der Waals surface area contributed by atoms with Gasteiger partial charge in [0.2, 0.25) is 24.5 Å². The van der Waals surface area contributed by atoms with Crippen molar-refractivity contribution in [3.05, 3.63) is 83.0 Å². The van der Waals surface area contributed by atoms with Crippen LogP contribution in [-0.2, 0) is 14.4 Å². The van der Waals surface area contributed by atoms with Gasteiger partial charge in [-0.2, -0.15) is 0 Å². The molecule has 39 heavy (non-hydrogen) atoms. The molecule has 0 aromatic heterocycles. The molecule has 9 nitrogen and oxygen atoms in total. The number of ether oxygens (including phenoxy) is 3. The molecule has 2 fully saturated rings. The van der Waals surface area contributed by atoms with Crippen LogP contribution in [0.15, 0.2) is 66.9 Å². The van der Waals surface area contributed by atoms with Gasteiger partial charge in [-0.05, 0) is 47.5 Å². The zero-order valence-corrected chi connectivity index (χ0v) is 21.4. The minimum absolute atomic E-state index is 0.0707. The molecule has 1 N–H and O–H groups in total. The van der Waals surface area contributed by atoms with Crippen LogP contribution >= 0.6 is 11.6 Å². The number of hydrogen-bond acceptors (Lipinski definition) is 7. The molecule has 4 unspecified atom stereocenters. The van der Waals surface area contributed by atoms with Crippen molar-refractivity contribution in [2.45, 2.75) is 12.1 Å². The van der Waals surface area contributed by atoms with Crippen molar-refractivity contribution >= 4 is 46.8 Å². The third-order valence-electron chi connectivity index (χ3n) is 7.76. The largest absolute Gasteiger partial charge is 0.495 e. The van der Waals surface area contributed by atoms with Crippen LogP contribution in [0.4, 0.5) is 11.4 Å². The lowest BCUT2D eigenvalue weighted by molar-refractivity contribution is -0.128. The molecule has 0 aliphatic carbocycles. The molecular weight excluding hydrogens is 522 g/mol. The fourth-order valence-electron chi connectivity index (χ4n) is 6.12. The van der Waals surface area contributed by atoms with Crippen LogP contribution in [0, 0.1) is 11.8 Å². The first kappa shape index (κ1) is 23.6. The molecule has 196 valence electrons. The van der Waals surface area contributed by atoms with Crippen LogP contribution in [0.2, 0.25) is 5.02 Å². The van der Waals surface area contributed by atoms with E-state index in [-0.39, 0.29) is 12.7 Å². The summed E-state index contributed by atoms with van der Waals surface area (Å²) in [5.74, 6) is -1.51. The van der Waals surface area contributed by atoms with Crippen LogP contribution in [-0.4, -0.2) is 42.6 Å². The lowest BCUT2D eigenvalue weighted by Crippen LogP contribution is -2.46. The van der Waals surface area contributed by atoms with E-state index in [2.05, 4.69) is 5.32 Å². The Morgan fingerprint density at radius 1 is 1.00 bits per heavy atom. The normalized spacial score (nSPS) is 23.9. The van der Waals surface area contributed by atoms with Gasteiger partial charge in [-0.1, -0.05) is 35.9 Å². The number of carbonyl (C=O) groups is 3. The van der Waals surface area contributed by atoms with E-state index in [1.165, 1.54) is 12.0 Å². The predicted octanol–water partition coefficient (Wildman–Crippen LogP) is 4.23. The molecule has 4 aliphatic heterocycles. The molecule has 3 aromatic carbocycles. The van der Waals surface area contributed by atoms with E-state index in [4.69, 9.17) is 25.8 Å². The monoisotopic (exact) mass is 543 g/mol. The first-order valence-electron chi connectivity index (χ1n) is 12.4. The molecule has 2 saturated heterocycles. The number of rotatable bonds is 4. The number of anilines is 2. The van der Waals surface area contributed by atoms with Gasteiger partial charge in [0.1, 0.15) is 11.8 Å². The van der Waals surface area contributed by atoms with Gasteiger partial charge in [0.05, 0.1) is 36.4 Å². The van der Waals surface area contributed by atoms with Crippen molar-refractivity contribution < 1.29 is 28.6 Å². The molecule has 10 heteroatoms. The SMILES string of the molecule is COc1ccc(Cl)cc1NC(=O)C1C2C(=O)N(c3ccc4c(c3)OCO4)C(=O)C2C2c3ccccc3C=CN12. The van der Waals surface area contributed by atoms with E-state index in [0.29, 0.717) is 33.6 Å². The summed E-state index contributed by atoms with van der Waals surface area (Å²) < 4.78 is 16.3. The third-order valence-corrected chi connectivity index (χ3v) is 8.00. The standard InChI is InChI=1S/C29H22ClN3O6/c1-37-20-8-6-16(30)12-19(20)31-27(34)26-24-23(25-18-5-3-2-4-15(18)10-11-32(25)26)28(35)33(29(24)36)17-7-9-21-22(13-17)39-14-38-21/h2-13,23-26H,14H2,1H3,(H,31,34). The van der Waals surface area contributed by atoms with Crippen molar-refractivity contribution in [1.82, 2.24) is 4.90 Å². The fraction of sp³-hybridized carbons (Fsp3) is 0.207. The van der Waals surface area contributed by atoms with E-state index >= 15 is 0 Å². The number of amides is 3. The first-order valence-corrected chi connectivity index (χ1v) is 12.8. The van der Waals surface area contributed by atoms with Crippen molar-refractivity contribution in [3.8, 4) is 17.2 Å². The van der Waals surface area contributed by atoms with Gasteiger partial charge < -0.3 is 24.4 Å². The quantitative estimate of drug-likeness (QED) is 0.492. The van der Waals surface area contributed by atoms with Gasteiger partial charge in [-0.3, -0.25) is 14.4 Å². The zero-order valence-electron chi connectivity index (χ0n) is 20.7. The van der Waals surface area contributed by atoms with Gasteiger partial charge in [0.25, 0.3) is 0 Å². The number of benzene rings is 3. The summed E-state index contributed by atoms with van der Waals surface area (Å²) in [6.45, 7) is 0.0707. The summed E-state index contributed by atoms with van der Waals surface area (Å²) in [6.07, 6.45) is 3.70. The number of nitrogens with one attached hydrogen (secondary N) is 1. The molecule has 7 rings (SSSR count). The molecule has 3 aromatic rings. The zero-order chi connectivity index (χ0) is 26.8. The van der Waals surface area contributed by atoms with E-state index < -0.39 is 35.7 Å². The molecule has 0 radical (unpaired) electrons. The van der Waals surface area contributed by atoms with Crippen LogP contribution in [0.25, 0.3) is 6.08 Å². The number of halogens is 1. The Morgan fingerprint density at radius 3 is 2.64 bits per heavy atom. The minimum atomic E-state index is -0.955. The summed E-state index contributed by atoms with van der Waals surface area (Å²) in [6, 6.07) is 16.1. The maximum Gasteiger partial charge on any atom is 0.248 e. The second kappa shape index (κ2) is 8.78. The lowest BCUT2D eigenvalue weighted by Gasteiger charge is -2.35. The van der Waals surface area contributed by atoms with Crippen molar-refractivity contribution in [2.24, 2.45) is 11.8 Å². The molecule has 0 saturated carbocycles. The number of methoxy groups -OCH3 is 1. The Bertz CT molecular complexity index is 1590. The van der Waals surface area contributed by atoms with E-state index in [1.807, 2.05) is 35.2 Å². The second-order valence-electron chi connectivity index (χ2n) is 9.72. The predicted molar refractivity (Wildman–Crippen MR) is 143 cm³/mol. The second-order valence-corrected chi connectivity index (χ2v) is 10.2. The number of fused-ring (bicyclic) bond motifs is 6. The number of nitrogens with zero attached hydrogens (tertiary/aromatic N) is 2. The maximum absolute atomic E-state index is 14.1. The van der Waals surface area contributed by atoms with E-state index in [1.54, 1.807) is 42.6 Å². The maximum atomic E-state index is 14.1. The Morgan fingerprint density at radius 2 is 1.79 bits per heavy atom. The van der Waals surface area contributed by atoms with Gasteiger partial charge in [-0.15, -0.1) is 0 Å². The summed E-state index contributed by atoms with van der Waals surface area (Å²) in [7, 11) is 1.49. The van der Waals surface area contributed by atoms with Gasteiger partial charge >= 0.3 is 0 Å². The Labute approximate surface area is 228 Å². The number of imide groups is 1. The van der Waals surface area contributed by atoms with Crippen LogP contribution in [0.5, 0.6) is 17.2 Å². The molecule has 0 bridgehead atoms. The highest BCUT2D eigenvalue weighted by Gasteiger charge is 2.64. The lowest BCUT2D eigenvalue weighted by atomic mass is 9.84. The van der Waals surface area contributed by atoms with Crippen LogP contribution < -0.4 is 24.4 Å². The number of carbonyl (C=O) groups excluding carboxylic acids is 3. The molecular formula is C29H22ClN3O6. The minimum Gasteiger partial charge on any atom is -0.495 e. The molecule has 4 aliphatic rings. The van der Waals surface area contributed by atoms with Crippen LogP contribution in [0.1, 0.15) is 17.2 Å². The summed E-state index contributed by atoms with van der Waals surface area (Å²) in [5.41, 5.74) is 2.59. The summed E-state index contributed by atoms with van der Waals surface area (Å²) in [5, 5.41) is 3.31. The summed E-state index contributed by atoms with van der Waals surface area (Å²) in [4.78, 5) is 45.1. The third kappa shape index (κ3) is 3.50. The average Bonchev–Trinajstić information content (AvgIpc) is 3.61. The Balaban J connectivity index is 1.31.